The number of carbonyl (C=O) groups excluding carboxylic acids is 3. The number of rotatable bonds is 7. The summed E-state index contributed by atoms with van der Waals surface area (Å²) < 4.78 is 9.60. The van der Waals surface area contributed by atoms with Gasteiger partial charge in [-0.25, -0.2) is 4.79 Å². The lowest BCUT2D eigenvalue weighted by molar-refractivity contribution is -0.146. The smallest absolute Gasteiger partial charge is 0.325 e. The molecule has 0 bridgehead atoms. The van der Waals surface area contributed by atoms with Crippen LogP contribution in [0.5, 0.6) is 0 Å². The highest BCUT2D eigenvalue weighted by Gasteiger charge is 2.21. The number of ether oxygens (including phenoxy) is 2. The molecular weight excluding hydrogens is 288 g/mol. The van der Waals surface area contributed by atoms with Gasteiger partial charge in [0.1, 0.15) is 13.1 Å². The lowest BCUT2D eigenvalue weighted by atomic mass is 10.3. The molecule has 7 heteroatoms. The molecular formula is C15H20N2O5. The molecule has 0 aliphatic heterocycles. The van der Waals surface area contributed by atoms with Gasteiger partial charge < -0.3 is 19.7 Å². The Morgan fingerprint density at radius 3 is 1.91 bits per heavy atom. The van der Waals surface area contributed by atoms with Crippen molar-refractivity contribution in [2.45, 2.75) is 13.8 Å². The van der Waals surface area contributed by atoms with Crippen LogP contribution in [-0.4, -0.2) is 49.2 Å². The van der Waals surface area contributed by atoms with Crippen LogP contribution in [0.15, 0.2) is 30.3 Å². The number of benzene rings is 1. The van der Waals surface area contributed by atoms with Gasteiger partial charge in [0, 0.05) is 5.69 Å². The van der Waals surface area contributed by atoms with Gasteiger partial charge in [-0.1, -0.05) is 18.2 Å². The predicted octanol–water partition coefficient (Wildman–Crippen LogP) is 1.65. The number of para-hydroxylation sites is 1. The minimum absolute atomic E-state index is 0.201. The van der Waals surface area contributed by atoms with Crippen LogP contribution in [0.25, 0.3) is 0 Å². The maximum atomic E-state index is 12.2. The molecule has 0 fully saturated rings. The predicted molar refractivity (Wildman–Crippen MR) is 80.3 cm³/mol. The van der Waals surface area contributed by atoms with Crippen LogP contribution >= 0.6 is 0 Å². The number of hydrogen-bond acceptors (Lipinski definition) is 5. The standard InChI is InChI=1S/C15H20N2O5/c1-3-21-13(18)10-17(11-14(19)22-4-2)15(20)16-12-8-6-5-7-9-12/h5-9H,3-4,10-11H2,1-2H3,(H,16,20). The maximum absolute atomic E-state index is 12.2. The van der Waals surface area contributed by atoms with E-state index in [4.69, 9.17) is 9.47 Å². The van der Waals surface area contributed by atoms with Crippen LogP contribution in [0.1, 0.15) is 13.8 Å². The Balaban J connectivity index is 2.72. The highest BCUT2D eigenvalue weighted by molar-refractivity contribution is 5.93. The minimum Gasteiger partial charge on any atom is -0.465 e. The lowest BCUT2D eigenvalue weighted by Crippen LogP contribution is -2.43. The molecule has 2 amide bonds. The van der Waals surface area contributed by atoms with Gasteiger partial charge in [-0.15, -0.1) is 0 Å². The van der Waals surface area contributed by atoms with Crippen molar-refractivity contribution in [3.05, 3.63) is 30.3 Å². The monoisotopic (exact) mass is 308 g/mol. The van der Waals surface area contributed by atoms with Crippen LogP contribution in [0.3, 0.4) is 0 Å². The third-order valence-corrected chi connectivity index (χ3v) is 2.56. The SMILES string of the molecule is CCOC(=O)CN(CC(=O)OCC)C(=O)Nc1ccccc1. The van der Waals surface area contributed by atoms with Gasteiger partial charge >= 0.3 is 18.0 Å². The van der Waals surface area contributed by atoms with E-state index in [-0.39, 0.29) is 26.3 Å². The van der Waals surface area contributed by atoms with Crippen molar-refractivity contribution in [1.82, 2.24) is 4.90 Å². The topological polar surface area (TPSA) is 84.9 Å². The molecule has 0 spiro atoms. The zero-order valence-electron chi connectivity index (χ0n) is 12.7. The molecule has 0 saturated carbocycles. The maximum Gasteiger partial charge on any atom is 0.325 e. The van der Waals surface area contributed by atoms with Gasteiger partial charge in [0.25, 0.3) is 0 Å². The number of urea groups is 1. The van der Waals surface area contributed by atoms with Crippen LogP contribution in [0.4, 0.5) is 10.5 Å². The second-order valence-corrected chi connectivity index (χ2v) is 4.26. The van der Waals surface area contributed by atoms with Gasteiger partial charge in [0.15, 0.2) is 0 Å². The Kier molecular flexibility index (Phi) is 7.45. The summed E-state index contributed by atoms with van der Waals surface area (Å²) in [5.74, 6) is -1.18. The summed E-state index contributed by atoms with van der Waals surface area (Å²) in [6.45, 7) is 3.07. The van der Waals surface area contributed by atoms with E-state index in [0.717, 1.165) is 4.90 Å². The first-order valence-corrected chi connectivity index (χ1v) is 6.99. The van der Waals surface area contributed by atoms with Gasteiger partial charge in [-0.05, 0) is 26.0 Å². The fourth-order valence-electron chi connectivity index (χ4n) is 1.65. The van der Waals surface area contributed by atoms with E-state index in [1.807, 2.05) is 6.07 Å². The minimum atomic E-state index is -0.588. The van der Waals surface area contributed by atoms with E-state index in [1.165, 1.54) is 0 Å². The molecule has 0 unspecified atom stereocenters. The molecule has 22 heavy (non-hydrogen) atoms. The Hall–Kier alpha value is -2.57. The van der Waals surface area contributed by atoms with E-state index in [2.05, 4.69) is 5.32 Å². The van der Waals surface area contributed by atoms with Crippen molar-refractivity contribution in [3.8, 4) is 0 Å². The highest BCUT2D eigenvalue weighted by atomic mass is 16.5. The third-order valence-electron chi connectivity index (χ3n) is 2.56. The van der Waals surface area contributed by atoms with Crippen molar-refractivity contribution in [3.63, 3.8) is 0 Å². The zero-order valence-corrected chi connectivity index (χ0v) is 12.7. The molecule has 0 aliphatic carbocycles. The number of nitrogens with one attached hydrogen (secondary N) is 1. The first-order chi connectivity index (χ1) is 10.6. The van der Waals surface area contributed by atoms with Crippen LogP contribution in [-0.2, 0) is 19.1 Å². The van der Waals surface area contributed by atoms with E-state index >= 15 is 0 Å². The first-order valence-electron chi connectivity index (χ1n) is 6.99. The van der Waals surface area contributed by atoms with Crippen molar-refractivity contribution in [2.24, 2.45) is 0 Å². The second-order valence-electron chi connectivity index (χ2n) is 4.26. The molecule has 7 nitrogen and oxygen atoms in total. The van der Waals surface area contributed by atoms with Crippen LogP contribution in [0.2, 0.25) is 0 Å². The quantitative estimate of drug-likeness (QED) is 0.774. The molecule has 120 valence electrons. The van der Waals surface area contributed by atoms with E-state index in [1.54, 1.807) is 38.1 Å². The summed E-state index contributed by atoms with van der Waals surface area (Å²) in [5, 5.41) is 2.61. The average molecular weight is 308 g/mol. The van der Waals surface area contributed by atoms with E-state index in [0.29, 0.717) is 5.69 Å². The second kappa shape index (κ2) is 9.38. The van der Waals surface area contributed by atoms with Gasteiger partial charge in [0.05, 0.1) is 13.2 Å². The zero-order chi connectivity index (χ0) is 16.4. The molecule has 0 aromatic heterocycles. The number of hydrogen-bond donors (Lipinski definition) is 1. The summed E-state index contributed by atoms with van der Waals surface area (Å²) in [6, 6.07) is 8.15. The van der Waals surface area contributed by atoms with Gasteiger partial charge in [-0.3, -0.25) is 9.59 Å². The fraction of sp³-hybridized carbons (Fsp3) is 0.400. The van der Waals surface area contributed by atoms with Crippen molar-refractivity contribution >= 4 is 23.7 Å². The first kappa shape index (κ1) is 17.5. The number of anilines is 1. The molecule has 0 radical (unpaired) electrons. The highest BCUT2D eigenvalue weighted by Crippen LogP contribution is 2.07. The molecule has 0 atom stereocenters. The Morgan fingerprint density at radius 2 is 1.45 bits per heavy atom. The number of esters is 2. The van der Waals surface area contributed by atoms with Crippen molar-refractivity contribution in [1.29, 1.82) is 0 Å². The summed E-state index contributed by atoms with van der Waals surface area (Å²) in [7, 11) is 0. The van der Waals surface area contributed by atoms with Crippen molar-refractivity contribution in [2.75, 3.05) is 31.6 Å². The third kappa shape index (κ3) is 6.25. The Morgan fingerprint density at radius 1 is 0.955 bits per heavy atom. The summed E-state index contributed by atoms with van der Waals surface area (Å²) in [4.78, 5) is 36.3. The van der Waals surface area contributed by atoms with Crippen LogP contribution in [0, 0.1) is 0 Å². The van der Waals surface area contributed by atoms with Gasteiger partial charge in [-0.2, -0.15) is 0 Å². The van der Waals surface area contributed by atoms with Gasteiger partial charge in [0.2, 0.25) is 0 Å². The average Bonchev–Trinajstić information content (AvgIpc) is 2.48. The molecule has 1 rings (SSSR count). The summed E-state index contributed by atoms with van der Waals surface area (Å²) in [5.41, 5.74) is 0.560. The summed E-state index contributed by atoms with van der Waals surface area (Å²) in [6.07, 6.45) is 0. The molecule has 1 aromatic carbocycles. The normalized spacial score (nSPS) is 9.73. The number of amides is 2. The lowest BCUT2D eigenvalue weighted by Gasteiger charge is -2.21. The molecule has 0 aliphatic rings. The number of carbonyl (C=O) groups is 3. The fourth-order valence-corrected chi connectivity index (χ4v) is 1.65. The Labute approximate surface area is 129 Å². The molecule has 0 saturated heterocycles. The summed E-state index contributed by atoms with van der Waals surface area (Å²) >= 11 is 0. The van der Waals surface area contributed by atoms with E-state index < -0.39 is 18.0 Å². The molecule has 0 heterocycles. The number of nitrogens with zero attached hydrogens (tertiary/aromatic N) is 1. The van der Waals surface area contributed by atoms with Crippen molar-refractivity contribution < 1.29 is 23.9 Å². The Bertz CT molecular complexity index is 484. The molecule has 1 N–H and O–H groups in total. The van der Waals surface area contributed by atoms with E-state index in [9.17, 15) is 14.4 Å². The largest absolute Gasteiger partial charge is 0.465 e. The molecule has 1 aromatic rings. The van der Waals surface area contributed by atoms with Crippen LogP contribution < -0.4 is 5.32 Å².